The topological polar surface area (TPSA) is 57.7 Å². The third kappa shape index (κ3) is 6.15. The molecule has 140 valence electrons. The lowest BCUT2D eigenvalue weighted by Gasteiger charge is -2.44. The fourth-order valence-corrected chi connectivity index (χ4v) is 3.40. The molecule has 1 aromatic heterocycles. The quantitative estimate of drug-likeness (QED) is 0.821. The van der Waals surface area contributed by atoms with Crippen molar-refractivity contribution in [2.24, 2.45) is 0 Å². The van der Waals surface area contributed by atoms with Gasteiger partial charge in [0.15, 0.2) is 0 Å². The number of carbonyl (C=O) groups excluding carboxylic acids is 1. The molecule has 2 heterocycles. The van der Waals surface area contributed by atoms with E-state index < -0.39 is 5.60 Å². The van der Waals surface area contributed by atoms with E-state index >= 15 is 0 Å². The molecule has 0 aromatic carbocycles. The van der Waals surface area contributed by atoms with Crippen LogP contribution < -0.4 is 10.2 Å². The monoisotopic (exact) mass is 412 g/mol. The molecule has 1 saturated heterocycles. The first kappa shape index (κ1) is 20.0. The summed E-state index contributed by atoms with van der Waals surface area (Å²) in [5.74, 6) is 0.971. The summed E-state index contributed by atoms with van der Waals surface area (Å²) in [7, 11) is 4.06. The van der Waals surface area contributed by atoms with Crippen LogP contribution in [0, 0.1) is 0 Å². The van der Waals surface area contributed by atoms with Crippen LogP contribution in [0.2, 0.25) is 0 Å². The number of halogens is 1. The van der Waals surface area contributed by atoms with Gasteiger partial charge in [0.05, 0.1) is 5.54 Å². The molecular formula is C18H29BrN4O2. The average Bonchev–Trinajstić information content (AvgIpc) is 2.46. The van der Waals surface area contributed by atoms with E-state index in [1.165, 1.54) is 0 Å². The van der Waals surface area contributed by atoms with E-state index in [1.807, 2.05) is 53.2 Å². The van der Waals surface area contributed by atoms with Gasteiger partial charge in [-0.2, -0.15) is 0 Å². The molecule has 1 fully saturated rings. The molecule has 0 radical (unpaired) electrons. The Bertz CT molecular complexity index is 576. The molecule has 1 amide bonds. The number of hydrogen-bond donors (Lipinski definition) is 1. The normalized spacial score (nSPS) is 17.5. The van der Waals surface area contributed by atoms with Gasteiger partial charge in [-0.25, -0.2) is 9.78 Å². The number of likely N-dealkylation sites (N-methyl/N-ethyl adjacent to an activating group) is 1. The summed E-state index contributed by atoms with van der Waals surface area (Å²) in [6.07, 6.45) is 3.17. The highest BCUT2D eigenvalue weighted by molar-refractivity contribution is 9.10. The second kappa shape index (κ2) is 7.91. The molecule has 1 aliphatic heterocycles. The van der Waals surface area contributed by atoms with E-state index in [9.17, 15) is 4.79 Å². The summed E-state index contributed by atoms with van der Waals surface area (Å²) >= 11 is 3.42. The van der Waals surface area contributed by atoms with Crippen molar-refractivity contribution in [3.05, 3.63) is 22.8 Å². The number of alkyl carbamates (subject to hydrolysis) is 1. The van der Waals surface area contributed by atoms with Gasteiger partial charge in [0.2, 0.25) is 0 Å². The van der Waals surface area contributed by atoms with Crippen molar-refractivity contribution in [2.45, 2.75) is 44.8 Å². The van der Waals surface area contributed by atoms with E-state index in [0.717, 1.165) is 42.8 Å². The summed E-state index contributed by atoms with van der Waals surface area (Å²) in [5.41, 5.74) is -0.775. The molecule has 7 heteroatoms. The number of ether oxygens (including phenoxy) is 1. The molecule has 0 saturated carbocycles. The molecule has 1 aliphatic rings. The molecule has 6 nitrogen and oxygen atoms in total. The third-order valence-electron chi connectivity index (χ3n) is 4.14. The Balaban J connectivity index is 2.04. The van der Waals surface area contributed by atoms with Gasteiger partial charge in [-0.05, 0) is 75.8 Å². The lowest BCUT2D eigenvalue weighted by atomic mass is 9.87. The van der Waals surface area contributed by atoms with Crippen molar-refractivity contribution in [3.8, 4) is 0 Å². The summed E-state index contributed by atoms with van der Waals surface area (Å²) in [6.45, 7) is 8.12. The minimum Gasteiger partial charge on any atom is -0.444 e. The van der Waals surface area contributed by atoms with Crippen LogP contribution in [-0.2, 0) is 4.74 Å². The first-order chi connectivity index (χ1) is 11.6. The van der Waals surface area contributed by atoms with Crippen LogP contribution >= 0.6 is 15.9 Å². The molecule has 0 aliphatic carbocycles. The number of nitrogens with one attached hydrogen (secondary N) is 1. The van der Waals surface area contributed by atoms with Crippen molar-refractivity contribution < 1.29 is 9.53 Å². The maximum Gasteiger partial charge on any atom is 0.408 e. The Morgan fingerprint density at radius 2 is 2.00 bits per heavy atom. The van der Waals surface area contributed by atoms with Crippen molar-refractivity contribution >= 4 is 27.8 Å². The molecule has 0 bridgehead atoms. The first-order valence-corrected chi connectivity index (χ1v) is 9.40. The molecule has 1 N–H and O–H groups in total. The van der Waals surface area contributed by atoms with Crippen molar-refractivity contribution in [3.63, 3.8) is 0 Å². The van der Waals surface area contributed by atoms with Crippen LogP contribution in [0.1, 0.15) is 33.6 Å². The Kier molecular flexibility index (Phi) is 6.32. The molecule has 0 unspecified atom stereocenters. The second-order valence-corrected chi connectivity index (χ2v) is 8.88. The highest BCUT2D eigenvalue weighted by atomic mass is 79.9. The van der Waals surface area contributed by atoms with E-state index in [4.69, 9.17) is 4.74 Å². The molecule has 0 spiro atoms. The van der Waals surface area contributed by atoms with Gasteiger partial charge in [0, 0.05) is 30.3 Å². The van der Waals surface area contributed by atoms with Gasteiger partial charge in [0.1, 0.15) is 11.4 Å². The van der Waals surface area contributed by atoms with E-state index in [0.29, 0.717) is 0 Å². The summed E-state index contributed by atoms with van der Waals surface area (Å²) in [4.78, 5) is 21.2. The van der Waals surface area contributed by atoms with Gasteiger partial charge in [-0.1, -0.05) is 0 Å². The van der Waals surface area contributed by atoms with Crippen LogP contribution in [0.4, 0.5) is 10.6 Å². The number of carbonyl (C=O) groups is 1. The zero-order valence-electron chi connectivity index (χ0n) is 15.8. The predicted molar refractivity (Wildman–Crippen MR) is 104 cm³/mol. The van der Waals surface area contributed by atoms with E-state index in [-0.39, 0.29) is 11.6 Å². The van der Waals surface area contributed by atoms with Crippen LogP contribution in [-0.4, -0.2) is 60.8 Å². The van der Waals surface area contributed by atoms with Crippen LogP contribution in [0.3, 0.4) is 0 Å². The molecular weight excluding hydrogens is 384 g/mol. The zero-order valence-corrected chi connectivity index (χ0v) is 17.4. The van der Waals surface area contributed by atoms with E-state index in [1.54, 1.807) is 0 Å². The van der Waals surface area contributed by atoms with Gasteiger partial charge >= 0.3 is 6.09 Å². The highest BCUT2D eigenvalue weighted by Crippen LogP contribution is 2.27. The summed E-state index contributed by atoms with van der Waals surface area (Å²) in [5, 5.41) is 3.14. The zero-order chi connectivity index (χ0) is 18.7. The Hall–Kier alpha value is -1.34. The second-order valence-electron chi connectivity index (χ2n) is 7.97. The smallest absolute Gasteiger partial charge is 0.408 e. The fraction of sp³-hybridized carbons (Fsp3) is 0.667. The minimum atomic E-state index is -0.495. The van der Waals surface area contributed by atoms with Crippen molar-refractivity contribution in [1.82, 2.24) is 15.2 Å². The van der Waals surface area contributed by atoms with Crippen molar-refractivity contribution in [2.75, 3.05) is 38.6 Å². The Morgan fingerprint density at radius 3 is 2.48 bits per heavy atom. The standard InChI is InChI=1S/C18H29BrN4O2/c1-17(2,3)25-16(24)21-18(13-22(4)5)8-10-23(11-9-18)15-7-6-14(19)12-20-15/h6-7,12H,8-11,13H2,1-5H3,(H,21,24). The van der Waals surface area contributed by atoms with Crippen LogP contribution in [0.25, 0.3) is 0 Å². The summed E-state index contributed by atoms with van der Waals surface area (Å²) < 4.78 is 6.45. The van der Waals surface area contributed by atoms with Gasteiger partial charge in [0.25, 0.3) is 0 Å². The highest BCUT2D eigenvalue weighted by Gasteiger charge is 2.38. The fourth-order valence-electron chi connectivity index (χ4n) is 3.17. The largest absolute Gasteiger partial charge is 0.444 e. The lowest BCUT2D eigenvalue weighted by molar-refractivity contribution is 0.0411. The number of piperidine rings is 1. The predicted octanol–water partition coefficient (Wildman–Crippen LogP) is 3.27. The number of anilines is 1. The van der Waals surface area contributed by atoms with Crippen LogP contribution in [0.5, 0.6) is 0 Å². The molecule has 0 atom stereocenters. The Morgan fingerprint density at radius 1 is 1.36 bits per heavy atom. The van der Waals surface area contributed by atoms with Gasteiger partial charge in [-0.3, -0.25) is 0 Å². The maximum absolute atomic E-state index is 12.3. The SMILES string of the molecule is CN(C)CC1(NC(=O)OC(C)(C)C)CCN(c2ccc(Br)cn2)CC1. The number of pyridine rings is 1. The molecule has 25 heavy (non-hydrogen) atoms. The van der Waals surface area contributed by atoms with Crippen LogP contribution in [0.15, 0.2) is 22.8 Å². The van der Waals surface area contributed by atoms with Gasteiger partial charge < -0.3 is 19.9 Å². The number of amides is 1. The number of aromatic nitrogens is 1. The lowest BCUT2D eigenvalue weighted by Crippen LogP contribution is -2.60. The van der Waals surface area contributed by atoms with Gasteiger partial charge in [-0.15, -0.1) is 0 Å². The van der Waals surface area contributed by atoms with E-state index in [2.05, 4.69) is 36.0 Å². The first-order valence-electron chi connectivity index (χ1n) is 8.61. The Labute approximate surface area is 159 Å². The number of rotatable bonds is 4. The average molecular weight is 413 g/mol. The molecule has 2 rings (SSSR count). The number of hydrogen-bond acceptors (Lipinski definition) is 5. The summed E-state index contributed by atoms with van der Waals surface area (Å²) in [6, 6.07) is 4.02. The third-order valence-corrected chi connectivity index (χ3v) is 4.61. The molecule has 1 aromatic rings. The van der Waals surface area contributed by atoms with Crippen molar-refractivity contribution in [1.29, 1.82) is 0 Å². The minimum absolute atomic E-state index is 0.280. The maximum atomic E-state index is 12.3. The number of nitrogens with zero attached hydrogens (tertiary/aromatic N) is 3.